The van der Waals surface area contributed by atoms with Crippen molar-refractivity contribution in [1.29, 1.82) is 0 Å². The van der Waals surface area contributed by atoms with E-state index in [0.29, 0.717) is 5.78 Å². The number of anilines is 2. The van der Waals surface area contributed by atoms with E-state index in [-0.39, 0.29) is 0 Å². The molecule has 7 heteroatoms. The van der Waals surface area contributed by atoms with Crippen LogP contribution >= 0.6 is 15.9 Å². The van der Waals surface area contributed by atoms with Crippen LogP contribution in [0.1, 0.15) is 17.8 Å². The summed E-state index contributed by atoms with van der Waals surface area (Å²) in [5, 5.41) is 8.42. The van der Waals surface area contributed by atoms with Gasteiger partial charge in [-0.15, -0.1) is 10.2 Å². The molecule has 0 atom stereocenters. The molecule has 0 saturated carbocycles. The van der Waals surface area contributed by atoms with Crippen LogP contribution in [0.3, 0.4) is 0 Å². The summed E-state index contributed by atoms with van der Waals surface area (Å²) in [6, 6.07) is 10.3. The predicted octanol–water partition coefficient (Wildman–Crippen LogP) is 3.83. The summed E-state index contributed by atoms with van der Waals surface area (Å²) in [5.74, 6) is 2.26. The second-order valence-electron chi connectivity index (χ2n) is 6.18. The second kappa shape index (κ2) is 5.49. The molecule has 0 radical (unpaired) electrons. The quantitative estimate of drug-likeness (QED) is 0.490. The van der Waals surface area contributed by atoms with Crippen LogP contribution in [-0.2, 0) is 6.42 Å². The van der Waals surface area contributed by atoms with Gasteiger partial charge in [-0.3, -0.25) is 9.38 Å². The molecule has 0 fully saturated rings. The molecule has 5 rings (SSSR count). The van der Waals surface area contributed by atoms with Crippen LogP contribution in [-0.4, -0.2) is 31.1 Å². The Balaban J connectivity index is 1.83. The summed E-state index contributed by atoms with van der Waals surface area (Å²) in [7, 11) is 0. The Hall–Kier alpha value is -2.54. The third kappa shape index (κ3) is 2.15. The van der Waals surface area contributed by atoms with Crippen molar-refractivity contribution >= 4 is 44.2 Å². The van der Waals surface area contributed by atoms with Crippen molar-refractivity contribution < 1.29 is 0 Å². The van der Waals surface area contributed by atoms with E-state index in [1.807, 2.05) is 29.7 Å². The highest BCUT2D eigenvalue weighted by atomic mass is 79.9. The molecule has 0 saturated heterocycles. The fraction of sp³-hybridized carbons (Fsp3) is 0.222. The van der Waals surface area contributed by atoms with E-state index in [1.165, 1.54) is 11.3 Å². The number of nitrogens with zero attached hydrogens (tertiary/aromatic N) is 6. The lowest BCUT2D eigenvalue weighted by Gasteiger charge is -2.31. The molecule has 25 heavy (non-hydrogen) atoms. The molecule has 4 aromatic rings. The summed E-state index contributed by atoms with van der Waals surface area (Å²) in [4.78, 5) is 11.7. The first-order valence-corrected chi connectivity index (χ1v) is 9.05. The molecule has 0 amide bonds. The van der Waals surface area contributed by atoms with Crippen LogP contribution in [0.2, 0.25) is 0 Å². The Morgan fingerprint density at radius 1 is 1.12 bits per heavy atom. The Labute approximate surface area is 152 Å². The zero-order valence-electron chi connectivity index (χ0n) is 13.6. The molecule has 0 spiro atoms. The van der Waals surface area contributed by atoms with Crippen molar-refractivity contribution in [3.63, 3.8) is 0 Å². The zero-order chi connectivity index (χ0) is 17.0. The lowest BCUT2D eigenvalue weighted by atomic mass is 10.0. The average molecular weight is 395 g/mol. The molecule has 0 bridgehead atoms. The van der Waals surface area contributed by atoms with Gasteiger partial charge in [0.05, 0.1) is 5.52 Å². The van der Waals surface area contributed by atoms with E-state index < -0.39 is 0 Å². The number of benzene rings is 1. The van der Waals surface area contributed by atoms with Gasteiger partial charge in [0.15, 0.2) is 5.82 Å². The number of hydrogen-bond donors (Lipinski definition) is 0. The van der Waals surface area contributed by atoms with Crippen molar-refractivity contribution in [2.45, 2.75) is 19.8 Å². The van der Waals surface area contributed by atoms with Crippen LogP contribution in [0.5, 0.6) is 0 Å². The fourth-order valence-electron chi connectivity index (χ4n) is 3.59. The summed E-state index contributed by atoms with van der Waals surface area (Å²) in [6.07, 6.45) is 3.94. The first-order valence-electron chi connectivity index (χ1n) is 8.25. The van der Waals surface area contributed by atoms with Gasteiger partial charge in [0.25, 0.3) is 5.78 Å². The lowest BCUT2D eigenvalue weighted by molar-refractivity contribution is 0.758. The highest BCUT2D eigenvalue weighted by Gasteiger charge is 2.24. The molecular weight excluding hydrogens is 380 g/mol. The molecule has 124 valence electrons. The van der Waals surface area contributed by atoms with E-state index in [0.717, 1.165) is 46.5 Å². The van der Waals surface area contributed by atoms with Crippen molar-refractivity contribution in [3.8, 4) is 0 Å². The largest absolute Gasteiger partial charge is 0.324 e. The van der Waals surface area contributed by atoms with E-state index >= 15 is 0 Å². The van der Waals surface area contributed by atoms with Gasteiger partial charge in [-0.1, -0.05) is 22.0 Å². The number of aryl methyl sites for hydroxylation is 1. The summed E-state index contributed by atoms with van der Waals surface area (Å²) < 4.78 is 3.10. The monoisotopic (exact) mass is 394 g/mol. The SMILES string of the molecule is Cc1nnc2nc(N3CCCc4c(Br)cccc43)c3ncccc3n12. The minimum absolute atomic E-state index is 0.607. The minimum Gasteiger partial charge on any atom is -0.324 e. The van der Waals surface area contributed by atoms with Gasteiger partial charge in [-0.05, 0) is 49.6 Å². The highest BCUT2D eigenvalue weighted by molar-refractivity contribution is 9.10. The van der Waals surface area contributed by atoms with Crippen LogP contribution < -0.4 is 4.90 Å². The molecule has 1 aliphatic rings. The topological polar surface area (TPSA) is 59.2 Å². The van der Waals surface area contributed by atoms with Crippen molar-refractivity contribution in [1.82, 2.24) is 24.6 Å². The normalized spacial score (nSPS) is 14.2. The van der Waals surface area contributed by atoms with Crippen molar-refractivity contribution in [2.24, 2.45) is 0 Å². The van der Waals surface area contributed by atoms with Crippen molar-refractivity contribution in [2.75, 3.05) is 11.4 Å². The van der Waals surface area contributed by atoms with Gasteiger partial charge >= 0.3 is 0 Å². The number of hydrogen-bond acceptors (Lipinski definition) is 5. The Morgan fingerprint density at radius 3 is 2.96 bits per heavy atom. The van der Waals surface area contributed by atoms with Crippen LogP contribution in [0, 0.1) is 6.92 Å². The maximum atomic E-state index is 4.81. The Kier molecular flexibility index (Phi) is 3.24. The summed E-state index contributed by atoms with van der Waals surface area (Å²) in [5.41, 5.74) is 4.34. The number of halogens is 1. The summed E-state index contributed by atoms with van der Waals surface area (Å²) in [6.45, 7) is 2.84. The molecule has 0 N–H and O–H groups in total. The predicted molar refractivity (Wildman–Crippen MR) is 100 cm³/mol. The van der Waals surface area contributed by atoms with Gasteiger partial charge in [0, 0.05) is 22.9 Å². The number of aromatic nitrogens is 5. The Bertz CT molecular complexity index is 1120. The molecule has 3 aromatic heterocycles. The maximum Gasteiger partial charge on any atom is 0.257 e. The first kappa shape index (κ1) is 14.8. The summed E-state index contributed by atoms with van der Waals surface area (Å²) >= 11 is 3.69. The van der Waals surface area contributed by atoms with E-state index in [9.17, 15) is 0 Å². The molecule has 1 aliphatic heterocycles. The Morgan fingerprint density at radius 2 is 2.04 bits per heavy atom. The van der Waals surface area contributed by atoms with Gasteiger partial charge in [-0.2, -0.15) is 4.98 Å². The van der Waals surface area contributed by atoms with E-state index in [2.05, 4.69) is 54.2 Å². The van der Waals surface area contributed by atoms with Crippen LogP contribution in [0.15, 0.2) is 41.0 Å². The number of fused-ring (bicyclic) bond motifs is 4. The third-order valence-corrected chi connectivity index (χ3v) is 5.44. The number of pyridine rings is 1. The standard InChI is InChI=1S/C18H15BrN6/c1-11-22-23-18-21-17(16-15(25(11)18)8-3-9-20-16)24-10-4-5-12-13(19)6-2-7-14(12)24/h2-3,6-9H,4-5,10H2,1H3. The van der Waals surface area contributed by atoms with Gasteiger partial charge in [-0.25, -0.2) is 0 Å². The molecule has 1 aromatic carbocycles. The second-order valence-corrected chi connectivity index (χ2v) is 7.04. The average Bonchev–Trinajstić information content (AvgIpc) is 3.02. The first-order chi connectivity index (χ1) is 12.2. The van der Waals surface area contributed by atoms with Gasteiger partial charge < -0.3 is 4.90 Å². The fourth-order valence-corrected chi connectivity index (χ4v) is 4.15. The minimum atomic E-state index is 0.607. The molecular formula is C18H15BrN6. The van der Waals surface area contributed by atoms with Crippen molar-refractivity contribution in [3.05, 3.63) is 52.4 Å². The zero-order valence-corrected chi connectivity index (χ0v) is 15.2. The van der Waals surface area contributed by atoms with E-state index in [1.54, 1.807) is 0 Å². The molecule has 0 aliphatic carbocycles. The van der Waals surface area contributed by atoms with Crippen LogP contribution in [0.4, 0.5) is 11.5 Å². The number of rotatable bonds is 1. The maximum absolute atomic E-state index is 4.81. The molecule has 4 heterocycles. The van der Waals surface area contributed by atoms with Gasteiger partial charge in [0.1, 0.15) is 11.3 Å². The van der Waals surface area contributed by atoms with Crippen LogP contribution in [0.25, 0.3) is 16.8 Å². The third-order valence-electron chi connectivity index (χ3n) is 4.70. The van der Waals surface area contributed by atoms with Gasteiger partial charge in [0.2, 0.25) is 0 Å². The lowest BCUT2D eigenvalue weighted by Crippen LogP contribution is -2.26. The molecule has 0 unspecified atom stereocenters. The smallest absolute Gasteiger partial charge is 0.257 e. The highest BCUT2D eigenvalue weighted by Crippen LogP contribution is 2.38. The van der Waals surface area contributed by atoms with E-state index in [4.69, 9.17) is 4.98 Å². The molecule has 6 nitrogen and oxygen atoms in total.